The number of nitrogens with zero attached hydrogens (tertiary/aromatic N) is 1. The molecular formula is C13H6ClNO7S. The van der Waals surface area contributed by atoms with Gasteiger partial charge in [-0.15, -0.1) is 0 Å². The standard InChI is InChI=1S/C13H6ClNO7S/c14-10-8(12(17)18)6-3-1-2-4-7(6)11(9(10)13(19)20)23(21,22)15-5-16/h1-4H,(H,17,18)(H,19,20). The Hall–Kier alpha value is -2.74. The van der Waals surface area contributed by atoms with Gasteiger partial charge in [-0.05, 0) is 5.39 Å². The quantitative estimate of drug-likeness (QED) is 0.630. The van der Waals surface area contributed by atoms with Gasteiger partial charge in [-0.25, -0.2) is 14.4 Å². The number of carbonyl (C=O) groups excluding carboxylic acids is 1. The van der Waals surface area contributed by atoms with E-state index in [0.29, 0.717) is 0 Å². The second-order valence-electron chi connectivity index (χ2n) is 4.21. The summed E-state index contributed by atoms with van der Waals surface area (Å²) in [5, 5.41) is 17.4. The number of isocyanates is 1. The number of fused-ring (bicyclic) bond motifs is 1. The fourth-order valence-corrected chi connectivity index (χ4v) is 3.65. The Balaban J connectivity index is 3.24. The molecule has 2 rings (SSSR count). The predicted molar refractivity (Wildman–Crippen MR) is 78.2 cm³/mol. The Kier molecular flexibility index (Phi) is 4.20. The van der Waals surface area contributed by atoms with Crippen molar-refractivity contribution in [2.75, 3.05) is 0 Å². The summed E-state index contributed by atoms with van der Waals surface area (Å²) in [5.41, 5.74) is -1.53. The van der Waals surface area contributed by atoms with Gasteiger partial charge in [0.05, 0.1) is 10.6 Å². The first kappa shape index (κ1) is 16.6. The number of hydrogen-bond acceptors (Lipinski definition) is 5. The fourth-order valence-electron chi connectivity index (χ4n) is 2.14. The van der Waals surface area contributed by atoms with Crippen LogP contribution >= 0.6 is 11.6 Å². The molecule has 0 saturated carbocycles. The summed E-state index contributed by atoms with van der Waals surface area (Å²) in [4.78, 5) is 32.3. The highest BCUT2D eigenvalue weighted by atomic mass is 35.5. The molecule has 0 aromatic heterocycles. The number of carboxylic acids is 2. The van der Waals surface area contributed by atoms with Crippen molar-refractivity contribution in [1.29, 1.82) is 0 Å². The van der Waals surface area contributed by atoms with E-state index in [0.717, 1.165) is 6.08 Å². The van der Waals surface area contributed by atoms with Crippen molar-refractivity contribution in [3.8, 4) is 0 Å². The van der Waals surface area contributed by atoms with Gasteiger partial charge in [0.1, 0.15) is 10.5 Å². The lowest BCUT2D eigenvalue weighted by Gasteiger charge is -2.13. The van der Waals surface area contributed by atoms with Crippen LogP contribution < -0.4 is 0 Å². The van der Waals surface area contributed by atoms with Crippen LogP contribution in [0.2, 0.25) is 5.02 Å². The molecule has 8 nitrogen and oxygen atoms in total. The fraction of sp³-hybridized carbons (Fsp3) is 0. The Bertz CT molecular complexity index is 1010. The smallest absolute Gasteiger partial charge is 0.338 e. The molecule has 2 aromatic carbocycles. The number of sulfonamides is 1. The van der Waals surface area contributed by atoms with Crippen LogP contribution in [0.15, 0.2) is 33.6 Å². The monoisotopic (exact) mass is 355 g/mol. The zero-order chi connectivity index (χ0) is 17.4. The summed E-state index contributed by atoms with van der Waals surface area (Å²) in [6.45, 7) is 0. The first-order valence-electron chi connectivity index (χ1n) is 5.77. The average Bonchev–Trinajstić information content (AvgIpc) is 2.44. The molecule has 0 fully saturated rings. The molecule has 23 heavy (non-hydrogen) atoms. The maximum atomic E-state index is 12.1. The second kappa shape index (κ2) is 5.81. The molecule has 2 N–H and O–H groups in total. The molecule has 0 unspecified atom stereocenters. The molecule has 0 aliphatic carbocycles. The lowest BCUT2D eigenvalue weighted by Crippen LogP contribution is -2.13. The van der Waals surface area contributed by atoms with Crippen LogP contribution in [0.25, 0.3) is 10.8 Å². The van der Waals surface area contributed by atoms with E-state index in [2.05, 4.69) is 4.40 Å². The zero-order valence-corrected chi connectivity index (χ0v) is 12.6. The summed E-state index contributed by atoms with van der Waals surface area (Å²) < 4.78 is 26.8. The van der Waals surface area contributed by atoms with Gasteiger partial charge in [-0.2, -0.15) is 8.42 Å². The van der Waals surface area contributed by atoms with Crippen molar-refractivity contribution in [2.24, 2.45) is 4.40 Å². The molecule has 0 aliphatic rings. The number of rotatable bonds is 4. The van der Waals surface area contributed by atoms with Crippen molar-refractivity contribution in [3.63, 3.8) is 0 Å². The van der Waals surface area contributed by atoms with Gasteiger partial charge < -0.3 is 10.2 Å². The molecular weight excluding hydrogens is 350 g/mol. The Morgan fingerprint density at radius 1 is 1.04 bits per heavy atom. The first-order valence-corrected chi connectivity index (χ1v) is 7.59. The van der Waals surface area contributed by atoms with Gasteiger partial charge in [0, 0.05) is 5.39 Å². The number of hydrogen-bond donors (Lipinski definition) is 2. The summed E-state index contributed by atoms with van der Waals surface area (Å²) >= 11 is 5.82. The van der Waals surface area contributed by atoms with Gasteiger partial charge in [0.2, 0.25) is 0 Å². The Morgan fingerprint density at radius 3 is 2.04 bits per heavy atom. The van der Waals surface area contributed by atoms with Crippen molar-refractivity contribution >= 4 is 50.4 Å². The van der Waals surface area contributed by atoms with Gasteiger partial charge in [0.15, 0.2) is 0 Å². The van der Waals surface area contributed by atoms with Gasteiger partial charge in [0.25, 0.3) is 16.1 Å². The van der Waals surface area contributed by atoms with Gasteiger partial charge >= 0.3 is 11.9 Å². The van der Waals surface area contributed by atoms with Crippen LogP contribution in [0.1, 0.15) is 20.7 Å². The first-order chi connectivity index (χ1) is 10.7. The van der Waals surface area contributed by atoms with E-state index in [-0.39, 0.29) is 10.8 Å². The molecule has 2 aromatic rings. The maximum absolute atomic E-state index is 12.1. The van der Waals surface area contributed by atoms with E-state index in [4.69, 9.17) is 11.6 Å². The minimum atomic E-state index is -4.73. The lowest BCUT2D eigenvalue weighted by molar-refractivity contribution is 0.0693. The van der Waals surface area contributed by atoms with Crippen molar-refractivity contribution < 1.29 is 33.0 Å². The molecule has 118 valence electrons. The molecule has 0 spiro atoms. The van der Waals surface area contributed by atoms with Gasteiger partial charge in [-0.1, -0.05) is 40.3 Å². The minimum absolute atomic E-state index is 0.102. The number of carbonyl (C=O) groups is 2. The largest absolute Gasteiger partial charge is 0.478 e. The molecule has 0 amide bonds. The van der Waals surface area contributed by atoms with Gasteiger partial charge in [-0.3, -0.25) is 0 Å². The predicted octanol–water partition coefficient (Wildman–Crippen LogP) is 1.91. The minimum Gasteiger partial charge on any atom is -0.478 e. The van der Waals surface area contributed by atoms with E-state index < -0.39 is 43.0 Å². The zero-order valence-electron chi connectivity index (χ0n) is 11.0. The van der Waals surface area contributed by atoms with Crippen molar-refractivity contribution in [2.45, 2.75) is 4.90 Å². The number of aromatic carboxylic acids is 2. The highest BCUT2D eigenvalue weighted by Crippen LogP contribution is 2.37. The topological polar surface area (TPSA) is 138 Å². The van der Waals surface area contributed by atoms with E-state index in [1.807, 2.05) is 0 Å². The van der Waals surface area contributed by atoms with E-state index in [9.17, 15) is 33.0 Å². The Labute approximate surface area is 133 Å². The average molecular weight is 356 g/mol. The van der Waals surface area contributed by atoms with Crippen LogP contribution in [0.4, 0.5) is 0 Å². The molecule has 0 heterocycles. The third-order valence-electron chi connectivity index (χ3n) is 2.95. The third kappa shape index (κ3) is 2.68. The lowest BCUT2D eigenvalue weighted by atomic mass is 10.0. The molecule has 0 aliphatic heterocycles. The number of carboxylic acid groups (broad SMARTS) is 2. The SMILES string of the molecule is O=C=NS(=O)(=O)c1c(C(=O)O)c(Cl)c(C(=O)O)c2ccccc12. The summed E-state index contributed by atoms with van der Waals surface area (Å²) in [6, 6.07) is 5.25. The molecule has 0 atom stereocenters. The number of halogens is 1. The maximum Gasteiger partial charge on any atom is 0.338 e. The molecule has 0 radical (unpaired) electrons. The summed E-state index contributed by atoms with van der Waals surface area (Å²) in [6.07, 6.45) is 0.829. The summed E-state index contributed by atoms with van der Waals surface area (Å²) in [7, 11) is -4.73. The molecule has 0 saturated heterocycles. The van der Waals surface area contributed by atoms with Crippen LogP contribution in [0.3, 0.4) is 0 Å². The third-order valence-corrected chi connectivity index (χ3v) is 4.58. The van der Waals surface area contributed by atoms with Crippen LogP contribution in [-0.4, -0.2) is 36.6 Å². The van der Waals surface area contributed by atoms with Crippen molar-refractivity contribution in [3.05, 3.63) is 40.4 Å². The van der Waals surface area contributed by atoms with E-state index in [1.165, 1.54) is 24.3 Å². The normalized spacial score (nSPS) is 11.0. The van der Waals surface area contributed by atoms with Crippen LogP contribution in [-0.2, 0) is 14.8 Å². The number of benzene rings is 2. The molecule has 0 bridgehead atoms. The second-order valence-corrected chi connectivity index (χ2v) is 6.13. The highest BCUT2D eigenvalue weighted by molar-refractivity contribution is 7.90. The highest BCUT2D eigenvalue weighted by Gasteiger charge is 2.32. The van der Waals surface area contributed by atoms with Crippen LogP contribution in [0.5, 0.6) is 0 Å². The van der Waals surface area contributed by atoms with Crippen LogP contribution in [0, 0.1) is 0 Å². The molecule has 10 heteroatoms. The van der Waals surface area contributed by atoms with E-state index in [1.54, 1.807) is 0 Å². The Morgan fingerprint density at radius 2 is 1.57 bits per heavy atom. The van der Waals surface area contributed by atoms with Crippen molar-refractivity contribution in [1.82, 2.24) is 0 Å². The summed E-state index contributed by atoms with van der Waals surface area (Å²) in [5.74, 6) is -3.31. The van der Waals surface area contributed by atoms with E-state index >= 15 is 0 Å².